The van der Waals surface area contributed by atoms with E-state index >= 15 is 0 Å². The van der Waals surface area contributed by atoms with Crippen LogP contribution in [0.15, 0.2) is 36.7 Å². The molecule has 0 spiro atoms. The normalized spacial score (nSPS) is 14.0. The summed E-state index contributed by atoms with van der Waals surface area (Å²) in [4.78, 5) is 18.6. The Morgan fingerprint density at radius 3 is 2.67 bits per heavy atom. The zero-order chi connectivity index (χ0) is 23.9. The largest absolute Gasteiger partial charge is 0.480 e. The number of amides is 1. The summed E-state index contributed by atoms with van der Waals surface area (Å²) in [5.74, 6) is -0.867. The maximum Gasteiger partial charge on any atom is 0.425 e. The van der Waals surface area contributed by atoms with Gasteiger partial charge in [-0.2, -0.15) is 23.5 Å². The summed E-state index contributed by atoms with van der Waals surface area (Å²) < 4.78 is 58.7. The van der Waals surface area contributed by atoms with Gasteiger partial charge in [-0.3, -0.25) is 4.79 Å². The number of carbonyl (C=O) groups is 1. The average Bonchev–Trinajstić information content (AvgIpc) is 3.32. The van der Waals surface area contributed by atoms with E-state index in [0.717, 1.165) is 18.7 Å². The number of fused-ring (bicyclic) bond motifs is 1. The van der Waals surface area contributed by atoms with E-state index in [1.165, 1.54) is 33.8 Å². The van der Waals surface area contributed by atoms with Crippen LogP contribution in [-0.4, -0.2) is 37.9 Å². The topological polar surface area (TPSA) is 84.0 Å². The van der Waals surface area contributed by atoms with Gasteiger partial charge in [0.25, 0.3) is 5.91 Å². The van der Waals surface area contributed by atoms with Gasteiger partial charge in [-0.25, -0.2) is 14.1 Å². The summed E-state index contributed by atoms with van der Waals surface area (Å²) in [7, 11) is 0. The average molecular weight is 459 g/mol. The van der Waals surface area contributed by atoms with Crippen LogP contribution < -0.4 is 4.74 Å². The minimum Gasteiger partial charge on any atom is -0.480 e. The molecule has 0 fully saturated rings. The Kier molecular flexibility index (Phi) is 5.53. The van der Waals surface area contributed by atoms with Crippen molar-refractivity contribution in [3.05, 3.63) is 70.4 Å². The van der Waals surface area contributed by atoms with Crippen molar-refractivity contribution in [1.29, 1.82) is 5.26 Å². The highest BCUT2D eigenvalue weighted by molar-refractivity contribution is 5.97. The maximum absolute atomic E-state index is 13.3. The van der Waals surface area contributed by atoms with Crippen molar-refractivity contribution in [2.75, 3.05) is 0 Å². The second-order valence-electron chi connectivity index (χ2n) is 7.63. The van der Waals surface area contributed by atoms with Gasteiger partial charge in [-0.05, 0) is 43.7 Å². The van der Waals surface area contributed by atoms with Gasteiger partial charge in [-0.15, -0.1) is 0 Å². The number of alkyl halides is 3. The number of hydrogen-bond donors (Lipinski definition) is 0. The van der Waals surface area contributed by atoms with Gasteiger partial charge < -0.3 is 9.64 Å². The zero-order valence-electron chi connectivity index (χ0n) is 17.5. The number of rotatable bonds is 4. The standard InChI is InChI=1S/C22H17F4N5O2/c1-12-5-16(23)8-28-20(12)31-10-15-9-30(11-18(15)29-31)21(32)17-6-14(7-27)3-4-19(17)33-13(2)22(24,25)26/h3-6,8,10,13H,9,11H2,1-2H3. The summed E-state index contributed by atoms with van der Waals surface area (Å²) in [5.41, 5.74) is 1.86. The molecule has 2 aromatic heterocycles. The van der Waals surface area contributed by atoms with E-state index in [1.54, 1.807) is 13.1 Å². The fourth-order valence-electron chi connectivity index (χ4n) is 3.48. The predicted octanol–water partition coefficient (Wildman–Crippen LogP) is 4.07. The van der Waals surface area contributed by atoms with Crippen LogP contribution in [0.25, 0.3) is 5.82 Å². The fourth-order valence-corrected chi connectivity index (χ4v) is 3.48. The van der Waals surface area contributed by atoms with Gasteiger partial charge in [0.1, 0.15) is 11.6 Å². The molecule has 33 heavy (non-hydrogen) atoms. The first-order valence-corrected chi connectivity index (χ1v) is 9.83. The Morgan fingerprint density at radius 1 is 1.27 bits per heavy atom. The smallest absolute Gasteiger partial charge is 0.425 e. The second kappa shape index (κ2) is 8.20. The molecule has 170 valence electrons. The predicted molar refractivity (Wildman–Crippen MR) is 107 cm³/mol. The molecule has 0 saturated carbocycles. The molecule has 1 aliphatic heterocycles. The number of hydrogen-bond acceptors (Lipinski definition) is 5. The first kappa shape index (κ1) is 22.3. The van der Waals surface area contributed by atoms with Crippen LogP contribution >= 0.6 is 0 Å². The van der Waals surface area contributed by atoms with Crippen molar-refractivity contribution in [2.45, 2.75) is 39.2 Å². The Bertz CT molecular complexity index is 1260. The van der Waals surface area contributed by atoms with Gasteiger partial charge in [0.2, 0.25) is 0 Å². The molecule has 11 heteroatoms. The molecule has 0 saturated heterocycles. The molecule has 3 heterocycles. The van der Waals surface area contributed by atoms with E-state index in [9.17, 15) is 22.4 Å². The molecule has 0 bridgehead atoms. The van der Waals surface area contributed by atoms with Gasteiger partial charge >= 0.3 is 6.18 Å². The molecule has 3 aromatic rings. The summed E-state index contributed by atoms with van der Waals surface area (Å²) in [6.07, 6.45) is -4.00. The molecule has 0 N–H and O–H groups in total. The van der Waals surface area contributed by atoms with Crippen LogP contribution in [0.4, 0.5) is 17.6 Å². The van der Waals surface area contributed by atoms with Gasteiger partial charge in [0.15, 0.2) is 11.9 Å². The summed E-state index contributed by atoms with van der Waals surface area (Å²) >= 11 is 0. The van der Waals surface area contributed by atoms with Crippen LogP contribution in [0, 0.1) is 24.1 Å². The highest BCUT2D eigenvalue weighted by Crippen LogP contribution is 2.31. The lowest BCUT2D eigenvalue weighted by atomic mass is 10.1. The Balaban J connectivity index is 1.58. The first-order valence-electron chi connectivity index (χ1n) is 9.83. The third-order valence-electron chi connectivity index (χ3n) is 5.20. The molecule has 4 rings (SSSR count). The molecular formula is C22H17F4N5O2. The van der Waals surface area contributed by atoms with E-state index in [0.29, 0.717) is 17.1 Å². The lowest BCUT2D eigenvalue weighted by Gasteiger charge is -2.22. The van der Waals surface area contributed by atoms with Crippen molar-refractivity contribution in [2.24, 2.45) is 0 Å². The molecule has 1 aromatic carbocycles. The van der Waals surface area contributed by atoms with Crippen LogP contribution in [0.2, 0.25) is 0 Å². The first-order chi connectivity index (χ1) is 15.6. The van der Waals surface area contributed by atoms with E-state index < -0.39 is 24.0 Å². The second-order valence-corrected chi connectivity index (χ2v) is 7.63. The highest BCUT2D eigenvalue weighted by Gasteiger charge is 2.39. The van der Waals surface area contributed by atoms with Crippen molar-refractivity contribution in [3.63, 3.8) is 0 Å². The van der Waals surface area contributed by atoms with Crippen molar-refractivity contribution >= 4 is 5.91 Å². The minimum absolute atomic E-state index is 0.104. The van der Waals surface area contributed by atoms with Crippen molar-refractivity contribution in [3.8, 4) is 17.6 Å². The number of carbonyl (C=O) groups excluding carboxylic acids is 1. The number of aromatic nitrogens is 3. The van der Waals surface area contributed by atoms with Crippen molar-refractivity contribution in [1.82, 2.24) is 19.7 Å². The van der Waals surface area contributed by atoms with E-state index in [-0.39, 0.29) is 30.0 Å². The number of benzene rings is 1. The summed E-state index contributed by atoms with van der Waals surface area (Å²) in [6, 6.07) is 6.89. The molecule has 1 atom stereocenters. The van der Waals surface area contributed by atoms with Crippen molar-refractivity contribution < 1.29 is 27.1 Å². The van der Waals surface area contributed by atoms with E-state index in [2.05, 4.69) is 10.1 Å². The molecular weight excluding hydrogens is 442 g/mol. The van der Waals surface area contributed by atoms with Gasteiger partial charge in [-0.1, -0.05) is 0 Å². The van der Waals surface area contributed by atoms with Crippen LogP contribution in [0.1, 0.15) is 39.7 Å². The molecule has 0 radical (unpaired) electrons. The SMILES string of the molecule is Cc1cc(F)cnc1-n1cc2c(n1)CN(C(=O)c1cc(C#N)ccc1OC(C)C(F)(F)F)C2. The highest BCUT2D eigenvalue weighted by atomic mass is 19.4. The van der Waals surface area contributed by atoms with E-state index in [1.807, 2.05) is 6.07 Å². The Morgan fingerprint density at radius 2 is 2.03 bits per heavy atom. The third-order valence-corrected chi connectivity index (χ3v) is 5.20. The Hall–Kier alpha value is -3.94. The van der Waals surface area contributed by atoms with Crippen LogP contribution in [-0.2, 0) is 13.1 Å². The molecule has 7 nitrogen and oxygen atoms in total. The van der Waals surface area contributed by atoms with E-state index in [4.69, 9.17) is 10.00 Å². The molecule has 1 amide bonds. The molecule has 0 aliphatic carbocycles. The van der Waals surface area contributed by atoms with Gasteiger partial charge in [0, 0.05) is 18.3 Å². The number of pyridine rings is 1. The molecule has 1 aliphatic rings. The van der Waals surface area contributed by atoms with Crippen LogP contribution in [0.3, 0.4) is 0 Å². The summed E-state index contributed by atoms with van der Waals surface area (Å²) in [5, 5.41) is 13.6. The Labute approximate surface area is 185 Å². The number of halogens is 4. The monoisotopic (exact) mass is 459 g/mol. The lowest BCUT2D eigenvalue weighted by Crippen LogP contribution is -2.32. The number of aryl methyl sites for hydroxylation is 1. The number of nitrogens with zero attached hydrogens (tertiary/aromatic N) is 5. The number of nitriles is 1. The summed E-state index contributed by atoms with van der Waals surface area (Å²) in [6.45, 7) is 2.79. The quantitative estimate of drug-likeness (QED) is 0.549. The minimum atomic E-state index is -4.62. The number of ether oxygens (including phenoxy) is 1. The lowest BCUT2D eigenvalue weighted by molar-refractivity contribution is -0.189. The maximum atomic E-state index is 13.3. The zero-order valence-corrected chi connectivity index (χ0v) is 17.5. The molecule has 1 unspecified atom stereocenters. The fraction of sp³-hybridized carbons (Fsp3) is 0.273. The van der Waals surface area contributed by atoms with Gasteiger partial charge in [0.05, 0.1) is 35.6 Å². The van der Waals surface area contributed by atoms with Crippen LogP contribution in [0.5, 0.6) is 5.75 Å². The third kappa shape index (κ3) is 4.37.